The van der Waals surface area contributed by atoms with Crippen molar-refractivity contribution in [3.8, 4) is 23.3 Å². The number of aromatic nitrogens is 3. The Hall–Kier alpha value is -3.46. The first-order chi connectivity index (χ1) is 13.6. The molecule has 0 amide bonds. The number of nitrogens with zero attached hydrogens (tertiary/aromatic N) is 4. The highest BCUT2D eigenvalue weighted by molar-refractivity contribution is 5.56. The lowest BCUT2D eigenvalue weighted by molar-refractivity contribution is 0.251. The van der Waals surface area contributed by atoms with Gasteiger partial charge in [0.15, 0.2) is 11.9 Å². The molecule has 1 aromatic carbocycles. The van der Waals surface area contributed by atoms with E-state index >= 15 is 0 Å². The van der Waals surface area contributed by atoms with Crippen LogP contribution in [0.3, 0.4) is 0 Å². The third-order valence-corrected chi connectivity index (χ3v) is 4.43. The summed E-state index contributed by atoms with van der Waals surface area (Å²) >= 11 is 0. The second-order valence-corrected chi connectivity index (χ2v) is 6.47. The fourth-order valence-corrected chi connectivity index (χ4v) is 2.69. The van der Waals surface area contributed by atoms with Gasteiger partial charge in [-0.3, -0.25) is 4.98 Å². The van der Waals surface area contributed by atoms with E-state index in [0.717, 1.165) is 28.3 Å². The van der Waals surface area contributed by atoms with Gasteiger partial charge in [-0.2, -0.15) is 5.26 Å². The first-order valence-corrected chi connectivity index (χ1v) is 9.26. The topological polar surface area (TPSA) is 83.7 Å². The van der Waals surface area contributed by atoms with Crippen molar-refractivity contribution in [2.45, 2.75) is 39.8 Å². The number of rotatable bonds is 7. The van der Waals surface area contributed by atoms with Crippen LogP contribution in [0, 0.1) is 25.2 Å². The third kappa shape index (κ3) is 4.63. The molecular weight excluding hydrogens is 350 g/mol. The van der Waals surface area contributed by atoms with E-state index in [-0.39, 0.29) is 0 Å². The molecule has 0 aliphatic heterocycles. The van der Waals surface area contributed by atoms with E-state index in [2.05, 4.69) is 26.3 Å². The zero-order chi connectivity index (χ0) is 19.9. The highest BCUT2D eigenvalue weighted by Crippen LogP contribution is 2.22. The van der Waals surface area contributed by atoms with Crippen molar-refractivity contribution in [3.63, 3.8) is 0 Å². The maximum absolute atomic E-state index is 9.08. The molecule has 6 heteroatoms. The van der Waals surface area contributed by atoms with Crippen molar-refractivity contribution in [2.75, 3.05) is 5.32 Å². The monoisotopic (exact) mass is 373 g/mol. The standard InChI is InChI=1S/C22H23N5O/c1-4-18(13-23)28-19-9-7-8-17(12-19)14-25-21-15(2)16(3)26-22(27-21)20-10-5-6-11-24-20/h5-12,18H,4,14H2,1-3H3,(H,25,26,27). The number of ether oxygens (including phenoxy) is 1. The van der Waals surface area contributed by atoms with Crippen LogP contribution in [0.2, 0.25) is 0 Å². The van der Waals surface area contributed by atoms with Gasteiger partial charge in [0.05, 0.1) is 0 Å². The molecule has 0 fully saturated rings. The van der Waals surface area contributed by atoms with Crippen LogP contribution in [0.25, 0.3) is 11.5 Å². The largest absolute Gasteiger partial charge is 0.476 e. The van der Waals surface area contributed by atoms with Gasteiger partial charge < -0.3 is 10.1 Å². The fraction of sp³-hybridized carbons (Fsp3) is 0.273. The van der Waals surface area contributed by atoms with Crippen molar-refractivity contribution in [2.24, 2.45) is 0 Å². The Kier molecular flexibility index (Phi) is 6.18. The van der Waals surface area contributed by atoms with Gasteiger partial charge in [-0.1, -0.05) is 25.1 Å². The molecule has 28 heavy (non-hydrogen) atoms. The van der Waals surface area contributed by atoms with Crippen LogP contribution in [0.1, 0.15) is 30.2 Å². The van der Waals surface area contributed by atoms with E-state index in [1.54, 1.807) is 6.20 Å². The molecule has 1 atom stereocenters. The molecule has 6 nitrogen and oxygen atoms in total. The molecule has 0 bridgehead atoms. The molecule has 0 radical (unpaired) electrons. The molecule has 3 aromatic rings. The maximum Gasteiger partial charge on any atom is 0.184 e. The predicted molar refractivity (Wildman–Crippen MR) is 109 cm³/mol. The van der Waals surface area contributed by atoms with Gasteiger partial charge in [0.25, 0.3) is 0 Å². The minimum atomic E-state index is -0.434. The molecule has 2 aromatic heterocycles. The van der Waals surface area contributed by atoms with Crippen LogP contribution in [0.15, 0.2) is 48.7 Å². The van der Waals surface area contributed by atoms with Crippen molar-refractivity contribution >= 4 is 5.82 Å². The number of nitriles is 1. The summed E-state index contributed by atoms with van der Waals surface area (Å²) in [5.74, 6) is 2.07. The molecular formula is C22H23N5O. The smallest absolute Gasteiger partial charge is 0.184 e. The quantitative estimate of drug-likeness (QED) is 0.659. The maximum atomic E-state index is 9.08. The van der Waals surface area contributed by atoms with E-state index in [9.17, 15) is 0 Å². The summed E-state index contributed by atoms with van der Waals surface area (Å²) < 4.78 is 5.70. The lowest BCUT2D eigenvalue weighted by Gasteiger charge is -2.14. The summed E-state index contributed by atoms with van der Waals surface area (Å²) in [6, 6.07) is 15.6. The summed E-state index contributed by atoms with van der Waals surface area (Å²) in [7, 11) is 0. The minimum absolute atomic E-state index is 0.434. The van der Waals surface area contributed by atoms with Crippen molar-refractivity contribution in [1.29, 1.82) is 5.26 Å². The minimum Gasteiger partial charge on any atom is -0.476 e. The van der Waals surface area contributed by atoms with Crippen LogP contribution in [0.5, 0.6) is 5.75 Å². The molecule has 3 rings (SSSR count). The van der Waals surface area contributed by atoms with Crippen molar-refractivity contribution in [3.05, 3.63) is 65.5 Å². The summed E-state index contributed by atoms with van der Waals surface area (Å²) in [6.45, 7) is 6.48. The Morgan fingerprint density at radius 2 is 2.00 bits per heavy atom. The number of aryl methyl sites for hydroxylation is 1. The Balaban J connectivity index is 1.78. The van der Waals surface area contributed by atoms with Crippen LogP contribution in [-0.2, 0) is 6.54 Å². The SMILES string of the molecule is CCC(C#N)Oc1cccc(CNc2nc(-c3ccccn3)nc(C)c2C)c1. The summed E-state index contributed by atoms with van der Waals surface area (Å²) in [5, 5.41) is 12.5. The van der Waals surface area contributed by atoms with E-state index in [0.29, 0.717) is 24.5 Å². The number of nitrogens with one attached hydrogen (secondary N) is 1. The van der Waals surface area contributed by atoms with E-state index in [4.69, 9.17) is 10.00 Å². The van der Waals surface area contributed by atoms with Gasteiger partial charge in [-0.25, -0.2) is 9.97 Å². The molecule has 0 aliphatic rings. The van der Waals surface area contributed by atoms with Crippen molar-refractivity contribution in [1.82, 2.24) is 15.0 Å². The average molecular weight is 373 g/mol. The van der Waals surface area contributed by atoms with E-state index in [1.165, 1.54) is 0 Å². The first-order valence-electron chi connectivity index (χ1n) is 9.26. The van der Waals surface area contributed by atoms with E-state index in [1.807, 2.05) is 63.2 Å². The highest BCUT2D eigenvalue weighted by atomic mass is 16.5. The zero-order valence-electron chi connectivity index (χ0n) is 16.3. The summed E-state index contributed by atoms with van der Waals surface area (Å²) in [5.41, 5.74) is 3.70. The third-order valence-electron chi connectivity index (χ3n) is 4.43. The number of anilines is 1. The van der Waals surface area contributed by atoms with Gasteiger partial charge in [-0.05, 0) is 50.1 Å². The predicted octanol–water partition coefficient (Wildman–Crippen LogP) is 4.45. The normalized spacial score (nSPS) is 11.5. The van der Waals surface area contributed by atoms with Crippen LogP contribution in [-0.4, -0.2) is 21.1 Å². The van der Waals surface area contributed by atoms with Gasteiger partial charge in [0.2, 0.25) is 0 Å². The Morgan fingerprint density at radius 3 is 2.71 bits per heavy atom. The Labute approximate surface area is 165 Å². The van der Waals surface area contributed by atoms with Gasteiger partial charge in [0.1, 0.15) is 23.3 Å². The molecule has 0 spiro atoms. The molecule has 1 N–H and O–H groups in total. The first kappa shape index (κ1) is 19.3. The lowest BCUT2D eigenvalue weighted by Crippen LogP contribution is -2.12. The molecule has 0 aliphatic carbocycles. The Morgan fingerprint density at radius 1 is 1.14 bits per heavy atom. The van der Waals surface area contributed by atoms with Gasteiger partial charge in [0, 0.05) is 24.0 Å². The second-order valence-electron chi connectivity index (χ2n) is 6.47. The molecule has 0 saturated carbocycles. The average Bonchev–Trinajstić information content (AvgIpc) is 2.74. The number of hydrogen-bond donors (Lipinski definition) is 1. The van der Waals surface area contributed by atoms with Crippen molar-refractivity contribution < 1.29 is 4.74 Å². The zero-order valence-corrected chi connectivity index (χ0v) is 16.3. The molecule has 2 heterocycles. The lowest BCUT2D eigenvalue weighted by atomic mass is 10.2. The van der Waals surface area contributed by atoms with Crippen LogP contribution >= 0.6 is 0 Å². The molecule has 1 unspecified atom stereocenters. The second kappa shape index (κ2) is 8.96. The van der Waals surface area contributed by atoms with Crippen LogP contribution < -0.4 is 10.1 Å². The number of pyridine rings is 1. The fourth-order valence-electron chi connectivity index (χ4n) is 2.69. The summed E-state index contributed by atoms with van der Waals surface area (Å²) in [4.78, 5) is 13.6. The van der Waals surface area contributed by atoms with Gasteiger partial charge in [-0.15, -0.1) is 0 Å². The van der Waals surface area contributed by atoms with Crippen LogP contribution in [0.4, 0.5) is 5.82 Å². The number of hydrogen-bond acceptors (Lipinski definition) is 6. The molecule has 142 valence electrons. The molecule has 0 saturated heterocycles. The number of benzene rings is 1. The Bertz CT molecular complexity index is 982. The van der Waals surface area contributed by atoms with E-state index < -0.39 is 6.10 Å². The highest BCUT2D eigenvalue weighted by Gasteiger charge is 2.11. The summed E-state index contributed by atoms with van der Waals surface area (Å²) in [6.07, 6.45) is 1.95. The van der Waals surface area contributed by atoms with Gasteiger partial charge >= 0.3 is 0 Å².